The molecule has 0 aliphatic carbocycles. The van der Waals surface area contributed by atoms with Gasteiger partial charge in [0.05, 0.1) is 11.6 Å². The van der Waals surface area contributed by atoms with Gasteiger partial charge in [-0.25, -0.2) is 4.98 Å². The van der Waals surface area contributed by atoms with E-state index in [2.05, 4.69) is 16.4 Å². The summed E-state index contributed by atoms with van der Waals surface area (Å²) in [5.41, 5.74) is 1.52. The first kappa shape index (κ1) is 13.6. The van der Waals surface area contributed by atoms with Gasteiger partial charge >= 0.3 is 0 Å². The highest BCUT2D eigenvalue weighted by Crippen LogP contribution is 2.17. The number of nitrogens with one attached hydrogen (secondary N) is 1. The van der Waals surface area contributed by atoms with Crippen LogP contribution in [0, 0.1) is 11.3 Å². The van der Waals surface area contributed by atoms with E-state index in [1.807, 2.05) is 0 Å². The molecule has 2 aromatic rings. The largest absolute Gasteiger partial charge is 0.373 e. The first-order valence-corrected chi connectivity index (χ1v) is 6.08. The zero-order valence-corrected chi connectivity index (χ0v) is 11.3. The van der Waals surface area contributed by atoms with E-state index < -0.39 is 0 Å². The molecule has 0 fully saturated rings. The van der Waals surface area contributed by atoms with Crippen molar-refractivity contribution in [3.05, 3.63) is 53.7 Å². The van der Waals surface area contributed by atoms with E-state index in [1.165, 1.54) is 4.90 Å². The predicted octanol–water partition coefficient (Wildman–Crippen LogP) is 2.27. The Bertz CT molecular complexity index is 676. The molecule has 0 saturated carbocycles. The molecule has 2 rings (SSSR count). The summed E-state index contributed by atoms with van der Waals surface area (Å²) in [7, 11) is 3.41. The number of pyridine rings is 1. The van der Waals surface area contributed by atoms with Crippen molar-refractivity contribution >= 4 is 17.4 Å². The zero-order chi connectivity index (χ0) is 14.5. The van der Waals surface area contributed by atoms with E-state index in [1.54, 1.807) is 56.6 Å². The molecular weight excluding hydrogens is 252 g/mol. The fourth-order valence-electron chi connectivity index (χ4n) is 1.77. The van der Waals surface area contributed by atoms with Gasteiger partial charge in [-0.1, -0.05) is 12.1 Å². The number of hydrogen-bond acceptors (Lipinski definition) is 4. The normalized spacial score (nSPS) is 9.65. The fraction of sp³-hybridized carbons (Fsp3) is 0.133. The van der Waals surface area contributed by atoms with Crippen LogP contribution in [0.3, 0.4) is 0 Å². The minimum Gasteiger partial charge on any atom is -0.373 e. The van der Waals surface area contributed by atoms with Crippen molar-refractivity contribution in [3.8, 4) is 6.07 Å². The number of aromatic nitrogens is 1. The molecule has 1 amide bonds. The number of carbonyl (C=O) groups is 1. The van der Waals surface area contributed by atoms with Crippen LogP contribution in [-0.2, 0) is 0 Å². The van der Waals surface area contributed by atoms with Crippen LogP contribution in [0.1, 0.15) is 16.1 Å². The monoisotopic (exact) mass is 266 g/mol. The molecule has 5 heteroatoms. The SMILES string of the molecule is CNc1cccc(C(=O)N(C)c2cccc(C#N)c2)n1. The lowest BCUT2D eigenvalue weighted by Crippen LogP contribution is -2.27. The van der Waals surface area contributed by atoms with Crippen molar-refractivity contribution in [2.45, 2.75) is 0 Å². The van der Waals surface area contributed by atoms with Crippen LogP contribution in [0.2, 0.25) is 0 Å². The Morgan fingerprint density at radius 1 is 1.30 bits per heavy atom. The van der Waals surface area contributed by atoms with Crippen molar-refractivity contribution in [1.82, 2.24) is 4.98 Å². The standard InChI is InChI=1S/C15H14N4O/c1-17-14-8-4-7-13(18-14)15(20)19(2)12-6-3-5-11(9-12)10-16/h3-9H,1-2H3,(H,17,18). The van der Waals surface area contributed by atoms with Gasteiger partial charge in [-0.05, 0) is 30.3 Å². The average molecular weight is 266 g/mol. The van der Waals surface area contributed by atoms with Gasteiger partial charge in [0.15, 0.2) is 0 Å². The highest BCUT2D eigenvalue weighted by molar-refractivity contribution is 6.04. The minimum absolute atomic E-state index is 0.225. The number of hydrogen-bond donors (Lipinski definition) is 1. The van der Waals surface area contributed by atoms with Crippen LogP contribution in [0.25, 0.3) is 0 Å². The highest BCUT2D eigenvalue weighted by atomic mass is 16.2. The molecule has 0 bridgehead atoms. The van der Waals surface area contributed by atoms with Gasteiger partial charge in [-0.2, -0.15) is 5.26 Å². The second-order valence-electron chi connectivity index (χ2n) is 4.18. The maximum Gasteiger partial charge on any atom is 0.276 e. The van der Waals surface area contributed by atoms with Gasteiger partial charge in [0.25, 0.3) is 5.91 Å². The van der Waals surface area contributed by atoms with Gasteiger partial charge in [-0.15, -0.1) is 0 Å². The summed E-state index contributed by atoms with van der Waals surface area (Å²) < 4.78 is 0. The molecular formula is C15H14N4O. The Kier molecular flexibility index (Phi) is 3.96. The van der Waals surface area contributed by atoms with Gasteiger partial charge in [-0.3, -0.25) is 4.79 Å². The van der Waals surface area contributed by atoms with Crippen molar-refractivity contribution in [1.29, 1.82) is 5.26 Å². The van der Waals surface area contributed by atoms with Crippen LogP contribution in [0.5, 0.6) is 0 Å². The van der Waals surface area contributed by atoms with Gasteiger partial charge in [0.2, 0.25) is 0 Å². The summed E-state index contributed by atoms with van der Waals surface area (Å²) in [5.74, 6) is 0.409. The average Bonchev–Trinajstić information content (AvgIpc) is 2.53. The lowest BCUT2D eigenvalue weighted by molar-refractivity contribution is 0.0988. The maximum absolute atomic E-state index is 12.4. The number of anilines is 2. The van der Waals surface area contributed by atoms with E-state index >= 15 is 0 Å². The molecule has 0 unspecified atom stereocenters. The molecule has 1 heterocycles. The summed E-state index contributed by atoms with van der Waals surface area (Å²) in [6.45, 7) is 0. The topological polar surface area (TPSA) is 69.0 Å². The van der Waals surface area contributed by atoms with Crippen molar-refractivity contribution < 1.29 is 4.79 Å². The predicted molar refractivity (Wildman–Crippen MR) is 77.7 cm³/mol. The molecule has 1 N–H and O–H groups in total. The molecule has 0 saturated heterocycles. The number of rotatable bonds is 3. The molecule has 0 atom stereocenters. The summed E-state index contributed by atoms with van der Waals surface area (Å²) in [6.07, 6.45) is 0. The molecule has 100 valence electrons. The van der Waals surface area contributed by atoms with Gasteiger partial charge in [0, 0.05) is 19.8 Å². The third kappa shape index (κ3) is 2.75. The molecule has 1 aromatic carbocycles. The van der Waals surface area contributed by atoms with Crippen LogP contribution >= 0.6 is 0 Å². The number of nitriles is 1. The second kappa shape index (κ2) is 5.85. The third-order valence-corrected chi connectivity index (χ3v) is 2.89. The van der Waals surface area contributed by atoms with Gasteiger partial charge < -0.3 is 10.2 Å². The molecule has 0 aliphatic heterocycles. The number of carbonyl (C=O) groups excluding carboxylic acids is 1. The van der Waals surface area contributed by atoms with E-state index in [9.17, 15) is 4.79 Å². The van der Waals surface area contributed by atoms with Crippen LogP contribution in [0.15, 0.2) is 42.5 Å². The number of nitrogens with zero attached hydrogens (tertiary/aromatic N) is 3. The smallest absolute Gasteiger partial charge is 0.276 e. The highest BCUT2D eigenvalue weighted by Gasteiger charge is 2.15. The summed E-state index contributed by atoms with van der Waals surface area (Å²) in [6, 6.07) is 14.2. The Hall–Kier alpha value is -2.87. The van der Waals surface area contributed by atoms with Crippen LogP contribution in [-0.4, -0.2) is 25.0 Å². The fourth-order valence-corrected chi connectivity index (χ4v) is 1.77. The lowest BCUT2D eigenvalue weighted by Gasteiger charge is -2.17. The minimum atomic E-state index is -0.225. The maximum atomic E-state index is 12.4. The second-order valence-corrected chi connectivity index (χ2v) is 4.18. The number of amides is 1. The van der Waals surface area contributed by atoms with E-state index in [-0.39, 0.29) is 5.91 Å². The summed E-state index contributed by atoms with van der Waals surface area (Å²) >= 11 is 0. The zero-order valence-electron chi connectivity index (χ0n) is 11.3. The van der Waals surface area contributed by atoms with E-state index in [0.717, 1.165) is 0 Å². The van der Waals surface area contributed by atoms with Crippen LogP contribution in [0.4, 0.5) is 11.5 Å². The Morgan fingerprint density at radius 2 is 2.05 bits per heavy atom. The first-order chi connectivity index (χ1) is 9.65. The molecule has 0 spiro atoms. The Morgan fingerprint density at radius 3 is 2.75 bits per heavy atom. The summed E-state index contributed by atoms with van der Waals surface area (Å²) in [4.78, 5) is 18.1. The quantitative estimate of drug-likeness (QED) is 0.925. The summed E-state index contributed by atoms with van der Waals surface area (Å²) in [5, 5.41) is 11.8. The van der Waals surface area contributed by atoms with E-state index in [0.29, 0.717) is 22.8 Å². The third-order valence-electron chi connectivity index (χ3n) is 2.89. The Balaban J connectivity index is 2.30. The van der Waals surface area contributed by atoms with Crippen molar-refractivity contribution in [2.75, 3.05) is 24.3 Å². The molecule has 5 nitrogen and oxygen atoms in total. The van der Waals surface area contributed by atoms with Crippen molar-refractivity contribution in [2.24, 2.45) is 0 Å². The van der Waals surface area contributed by atoms with Crippen LogP contribution < -0.4 is 10.2 Å². The van der Waals surface area contributed by atoms with Gasteiger partial charge in [0.1, 0.15) is 11.5 Å². The molecule has 0 radical (unpaired) electrons. The lowest BCUT2D eigenvalue weighted by atomic mass is 10.2. The van der Waals surface area contributed by atoms with Crippen molar-refractivity contribution in [3.63, 3.8) is 0 Å². The molecule has 1 aromatic heterocycles. The molecule has 0 aliphatic rings. The number of benzene rings is 1. The Labute approximate surface area is 117 Å². The molecule has 20 heavy (non-hydrogen) atoms. The van der Waals surface area contributed by atoms with E-state index in [4.69, 9.17) is 5.26 Å². The first-order valence-electron chi connectivity index (χ1n) is 6.08.